The van der Waals surface area contributed by atoms with E-state index in [1.54, 1.807) is 11.1 Å². The molecule has 14 heteroatoms. The molecule has 4 N–H and O–H groups in total. The Hall–Kier alpha value is -4.13. The number of carbonyl (C=O) groups excluding carboxylic acids is 1. The number of fused-ring (bicyclic) bond motifs is 1. The Balaban J connectivity index is 1.49. The summed E-state index contributed by atoms with van der Waals surface area (Å²) in [6, 6.07) is 10.2. The zero-order chi connectivity index (χ0) is 29.0. The molecule has 0 aliphatic carbocycles. The van der Waals surface area contributed by atoms with E-state index in [-0.39, 0.29) is 35.3 Å². The minimum atomic E-state index is -3.82. The number of aromatic amines is 1. The number of aromatic nitrogens is 4. The maximum Gasteiger partial charge on any atom is 0.248 e. The molecule has 0 atom stereocenters. The third-order valence-electron chi connectivity index (χ3n) is 6.20. The van der Waals surface area contributed by atoms with Gasteiger partial charge >= 0.3 is 0 Å². The van der Waals surface area contributed by atoms with Gasteiger partial charge in [0.05, 0.1) is 30.5 Å². The van der Waals surface area contributed by atoms with E-state index < -0.39 is 20.2 Å². The van der Waals surface area contributed by atoms with Crippen LogP contribution in [0.4, 0.5) is 21.7 Å². The second-order valence-corrected chi connectivity index (χ2v) is 10.7. The van der Waals surface area contributed by atoms with Crippen LogP contribution in [0.25, 0.3) is 22.3 Å². The van der Waals surface area contributed by atoms with Gasteiger partial charge in [0.1, 0.15) is 5.69 Å². The molecule has 0 saturated carbocycles. The number of morpholine rings is 1. The summed E-state index contributed by atoms with van der Waals surface area (Å²) in [6.07, 6.45) is 6.23. The highest BCUT2D eigenvalue weighted by Crippen LogP contribution is 2.39. The van der Waals surface area contributed by atoms with Crippen molar-refractivity contribution in [1.29, 1.82) is 0 Å². The number of halogens is 1. The molecule has 1 fully saturated rings. The Morgan fingerprint density at radius 2 is 2.05 bits per heavy atom. The standard InChI is InChI=1S/C27H28FN6O6P/c1-3-20(35)12-17-5-4-6-18(11-17)24-21-15-29-33-26(21)32-27(31-24)30-19-13-22(28)25(34-7-9-38-10-8-34)23(14-19)39-16-40-41(2,36)37/h3-6,11,13-15,36-37H,1-2,7-10,12,16H2,(H2,29,30,31,32,33). The lowest BCUT2D eigenvalue weighted by Crippen LogP contribution is -2.37. The molecule has 0 radical (unpaired) electrons. The Labute approximate surface area is 234 Å². The van der Waals surface area contributed by atoms with Crippen LogP contribution in [-0.2, 0) is 20.5 Å². The number of ketones is 1. The van der Waals surface area contributed by atoms with Crippen LogP contribution in [0.1, 0.15) is 5.56 Å². The molecule has 1 aliphatic rings. The van der Waals surface area contributed by atoms with E-state index in [2.05, 4.69) is 38.4 Å². The van der Waals surface area contributed by atoms with Crippen LogP contribution in [0.3, 0.4) is 0 Å². The number of carbonyl (C=O) groups is 1. The van der Waals surface area contributed by atoms with Gasteiger partial charge in [0.15, 0.2) is 29.8 Å². The lowest BCUT2D eigenvalue weighted by molar-refractivity contribution is -0.114. The first kappa shape index (κ1) is 28.4. The van der Waals surface area contributed by atoms with Crippen LogP contribution in [0.15, 0.2) is 55.3 Å². The molecule has 41 heavy (non-hydrogen) atoms. The molecule has 3 heterocycles. The largest absolute Gasteiger partial charge is 0.465 e. The van der Waals surface area contributed by atoms with E-state index in [1.165, 1.54) is 18.2 Å². The SMILES string of the molecule is C=CC(=O)Cc1cccc(-c2nc(Nc3cc(F)c(N4CCOCC4)c(OCOP(=C)(O)O)c3)nc3[nH]ncc23)c1. The lowest BCUT2D eigenvalue weighted by Gasteiger charge is -2.31. The highest BCUT2D eigenvalue weighted by atomic mass is 31.2. The molecular weight excluding hydrogens is 554 g/mol. The summed E-state index contributed by atoms with van der Waals surface area (Å²) in [4.78, 5) is 41.8. The van der Waals surface area contributed by atoms with Gasteiger partial charge in [0.2, 0.25) is 13.5 Å². The number of anilines is 3. The molecule has 5 rings (SSSR count). The number of nitrogens with zero attached hydrogens (tertiary/aromatic N) is 4. The van der Waals surface area contributed by atoms with E-state index in [0.29, 0.717) is 43.0 Å². The van der Waals surface area contributed by atoms with Crippen molar-refractivity contribution in [1.82, 2.24) is 20.2 Å². The minimum absolute atomic E-state index is 0.102. The smallest absolute Gasteiger partial charge is 0.248 e. The summed E-state index contributed by atoms with van der Waals surface area (Å²) < 4.78 is 31.4. The Bertz CT molecular complexity index is 1630. The van der Waals surface area contributed by atoms with Crippen molar-refractivity contribution < 1.29 is 33.0 Å². The molecule has 1 aliphatic heterocycles. The van der Waals surface area contributed by atoms with Gasteiger partial charge in [-0.15, -0.1) is 0 Å². The van der Waals surface area contributed by atoms with Crippen molar-refractivity contribution >= 4 is 48.0 Å². The average Bonchev–Trinajstić information content (AvgIpc) is 3.41. The monoisotopic (exact) mass is 582 g/mol. The molecule has 2 aromatic carbocycles. The Morgan fingerprint density at radius 3 is 2.80 bits per heavy atom. The van der Waals surface area contributed by atoms with Gasteiger partial charge in [0, 0.05) is 36.8 Å². The quantitative estimate of drug-likeness (QED) is 0.117. The molecule has 0 unspecified atom stereocenters. The van der Waals surface area contributed by atoms with Gasteiger partial charge in [-0.05, 0) is 30.1 Å². The number of H-pyrrole nitrogens is 1. The Kier molecular flexibility index (Phi) is 8.43. The van der Waals surface area contributed by atoms with Crippen molar-refractivity contribution in [2.45, 2.75) is 6.42 Å². The molecule has 0 spiro atoms. The number of allylic oxidation sites excluding steroid dienone is 1. The first-order valence-electron chi connectivity index (χ1n) is 12.6. The maximum absolute atomic E-state index is 15.5. The van der Waals surface area contributed by atoms with Crippen LogP contribution in [-0.4, -0.2) is 75.1 Å². The van der Waals surface area contributed by atoms with Crippen molar-refractivity contribution in [3.05, 3.63) is 66.6 Å². The van der Waals surface area contributed by atoms with Crippen LogP contribution < -0.4 is 15.0 Å². The van der Waals surface area contributed by atoms with Crippen LogP contribution in [0, 0.1) is 5.82 Å². The minimum Gasteiger partial charge on any atom is -0.465 e. The second-order valence-electron chi connectivity index (χ2n) is 9.16. The number of benzene rings is 2. The van der Waals surface area contributed by atoms with E-state index in [0.717, 1.165) is 11.1 Å². The third kappa shape index (κ3) is 6.96. The number of rotatable bonds is 11. The molecule has 1 saturated heterocycles. The fourth-order valence-corrected chi connectivity index (χ4v) is 4.59. The molecule has 0 amide bonds. The molecule has 0 bridgehead atoms. The molecule has 2 aromatic heterocycles. The van der Waals surface area contributed by atoms with E-state index in [1.807, 2.05) is 24.3 Å². The highest BCUT2D eigenvalue weighted by molar-refractivity contribution is 7.57. The van der Waals surface area contributed by atoms with Crippen LogP contribution >= 0.6 is 7.57 Å². The van der Waals surface area contributed by atoms with E-state index in [4.69, 9.17) is 14.0 Å². The average molecular weight is 583 g/mol. The third-order valence-corrected chi connectivity index (χ3v) is 6.72. The Morgan fingerprint density at radius 1 is 1.24 bits per heavy atom. The van der Waals surface area contributed by atoms with E-state index >= 15 is 4.39 Å². The first-order chi connectivity index (χ1) is 19.7. The van der Waals surface area contributed by atoms with Crippen molar-refractivity contribution in [2.24, 2.45) is 0 Å². The number of hydrogen-bond acceptors (Lipinski definition) is 11. The second kappa shape index (κ2) is 12.2. The van der Waals surface area contributed by atoms with Gasteiger partial charge in [-0.2, -0.15) is 10.1 Å². The lowest BCUT2D eigenvalue weighted by atomic mass is 10.0. The highest BCUT2D eigenvalue weighted by Gasteiger charge is 2.22. The van der Waals surface area contributed by atoms with Gasteiger partial charge in [-0.1, -0.05) is 24.8 Å². The number of ether oxygens (including phenoxy) is 2. The number of hydrogen-bond donors (Lipinski definition) is 4. The fraction of sp³-hybridized carbons (Fsp3) is 0.222. The summed E-state index contributed by atoms with van der Waals surface area (Å²) in [5.41, 5.74) is 2.98. The van der Waals surface area contributed by atoms with E-state index in [9.17, 15) is 14.6 Å². The van der Waals surface area contributed by atoms with Crippen LogP contribution in [0.5, 0.6) is 5.75 Å². The summed E-state index contributed by atoms with van der Waals surface area (Å²) in [5.74, 6) is -0.436. The van der Waals surface area contributed by atoms with Crippen molar-refractivity contribution in [2.75, 3.05) is 43.3 Å². The molecule has 12 nitrogen and oxygen atoms in total. The summed E-state index contributed by atoms with van der Waals surface area (Å²) in [6.45, 7) is 4.68. The predicted molar refractivity (Wildman–Crippen MR) is 154 cm³/mol. The van der Waals surface area contributed by atoms with Crippen LogP contribution in [0.2, 0.25) is 0 Å². The van der Waals surface area contributed by atoms with Gasteiger partial charge < -0.3 is 29.5 Å². The number of nitrogens with one attached hydrogen (secondary N) is 2. The predicted octanol–water partition coefficient (Wildman–Crippen LogP) is 3.57. The summed E-state index contributed by atoms with van der Waals surface area (Å²) in [7, 11) is -3.82. The fourth-order valence-electron chi connectivity index (χ4n) is 4.37. The normalized spacial score (nSPS) is 13.8. The van der Waals surface area contributed by atoms with Crippen molar-refractivity contribution in [3.63, 3.8) is 0 Å². The first-order valence-corrected chi connectivity index (χ1v) is 14.3. The summed E-state index contributed by atoms with van der Waals surface area (Å²) >= 11 is 0. The van der Waals surface area contributed by atoms with Crippen molar-refractivity contribution in [3.8, 4) is 17.0 Å². The maximum atomic E-state index is 15.5. The van der Waals surface area contributed by atoms with Gasteiger partial charge in [-0.25, -0.2) is 9.37 Å². The van der Waals surface area contributed by atoms with Gasteiger partial charge in [0.25, 0.3) is 0 Å². The topological polar surface area (TPSA) is 155 Å². The zero-order valence-corrected chi connectivity index (χ0v) is 22.8. The van der Waals surface area contributed by atoms with Gasteiger partial charge in [-0.3, -0.25) is 14.4 Å². The molecule has 214 valence electrons. The molecular formula is C27H28FN6O6P. The molecule has 4 aromatic rings. The zero-order valence-electron chi connectivity index (χ0n) is 21.9. The summed E-state index contributed by atoms with van der Waals surface area (Å²) in [5, 5.41) is 10.6.